The molecule has 0 unspecified atom stereocenters. The van der Waals surface area contributed by atoms with Crippen LogP contribution >= 0.6 is 11.3 Å². The predicted octanol–water partition coefficient (Wildman–Crippen LogP) is 3.81. The molecule has 0 fully saturated rings. The monoisotopic (exact) mass is 449 g/mol. The molecule has 10 heteroatoms. The van der Waals surface area contributed by atoms with Crippen LogP contribution in [0, 0.1) is 10.1 Å². The Kier molecular flexibility index (Phi) is 5.95. The van der Waals surface area contributed by atoms with E-state index in [-0.39, 0.29) is 18.2 Å². The summed E-state index contributed by atoms with van der Waals surface area (Å²) in [6.07, 6.45) is 1.69. The summed E-state index contributed by atoms with van der Waals surface area (Å²) in [6.45, 7) is 5.90. The van der Waals surface area contributed by atoms with Crippen molar-refractivity contribution in [2.24, 2.45) is 10.1 Å². The molecule has 0 spiro atoms. The molecule has 3 aromatic rings. The number of hydrogen-bond donors (Lipinski definition) is 1. The molecule has 0 saturated heterocycles. The van der Waals surface area contributed by atoms with Crippen molar-refractivity contribution in [3.63, 3.8) is 0 Å². The van der Waals surface area contributed by atoms with Crippen molar-refractivity contribution in [1.82, 2.24) is 4.68 Å². The number of hydrogen-bond acceptors (Lipinski definition) is 7. The van der Waals surface area contributed by atoms with Gasteiger partial charge >= 0.3 is 0 Å². The fourth-order valence-corrected chi connectivity index (χ4v) is 3.98. The molecular formula is C22H19N5O4S. The van der Waals surface area contributed by atoms with Crippen LogP contribution in [0.2, 0.25) is 0 Å². The van der Waals surface area contributed by atoms with Crippen LogP contribution in [0.15, 0.2) is 70.6 Å². The highest BCUT2D eigenvalue weighted by Crippen LogP contribution is 2.33. The fourth-order valence-electron chi connectivity index (χ4n) is 3.14. The van der Waals surface area contributed by atoms with Crippen LogP contribution in [0.3, 0.4) is 0 Å². The van der Waals surface area contributed by atoms with Crippen LogP contribution in [0.5, 0.6) is 5.75 Å². The Morgan fingerprint density at radius 1 is 1.38 bits per heavy atom. The number of rotatable bonds is 6. The van der Waals surface area contributed by atoms with Gasteiger partial charge in [-0.1, -0.05) is 18.2 Å². The Bertz CT molecular complexity index is 1320. The maximum atomic E-state index is 11.7. The third-order valence-electron chi connectivity index (χ3n) is 4.67. The van der Waals surface area contributed by atoms with Crippen molar-refractivity contribution in [2.75, 3.05) is 18.5 Å². The van der Waals surface area contributed by atoms with Crippen molar-refractivity contribution < 1.29 is 14.5 Å². The van der Waals surface area contributed by atoms with Gasteiger partial charge in [-0.25, -0.2) is 4.68 Å². The number of nitro benzene ring substituents is 1. The third-order valence-corrected chi connectivity index (χ3v) is 5.53. The first-order valence-electron chi connectivity index (χ1n) is 9.65. The minimum absolute atomic E-state index is 0.00501. The number of nitrogens with zero attached hydrogens (tertiary/aromatic N) is 4. The first-order valence-corrected chi connectivity index (χ1v) is 10.5. The number of carbonyl (C=O) groups is 1. The molecule has 1 aliphatic heterocycles. The summed E-state index contributed by atoms with van der Waals surface area (Å²) in [5.74, 6) is 0.386. The molecule has 0 bridgehead atoms. The average molecular weight is 449 g/mol. The number of anilines is 1. The minimum Gasteiger partial charge on any atom is -0.482 e. The zero-order valence-corrected chi connectivity index (χ0v) is 18.0. The Morgan fingerprint density at radius 2 is 2.22 bits per heavy atom. The quantitative estimate of drug-likeness (QED) is 0.267. The van der Waals surface area contributed by atoms with Gasteiger partial charge in [-0.3, -0.25) is 19.9 Å². The number of aromatic nitrogens is 1. The molecule has 1 aromatic heterocycles. The summed E-state index contributed by atoms with van der Waals surface area (Å²) in [6, 6.07) is 11.8. The molecule has 2 aromatic carbocycles. The lowest BCUT2D eigenvalue weighted by Crippen LogP contribution is -2.25. The van der Waals surface area contributed by atoms with Gasteiger partial charge in [0.15, 0.2) is 6.61 Å². The first kappa shape index (κ1) is 21.2. The molecular weight excluding hydrogens is 430 g/mol. The predicted molar refractivity (Wildman–Crippen MR) is 123 cm³/mol. The molecule has 1 N–H and O–H groups in total. The molecule has 32 heavy (non-hydrogen) atoms. The summed E-state index contributed by atoms with van der Waals surface area (Å²) in [7, 11) is 0. The van der Waals surface area contributed by atoms with E-state index >= 15 is 0 Å². The summed E-state index contributed by atoms with van der Waals surface area (Å²) < 4.78 is 7.13. The lowest BCUT2D eigenvalue weighted by molar-refractivity contribution is -0.384. The SMILES string of the molecule is C=CCN=c1scc(-c2ccc3c(c2)NC(=O)CO3)n1N=C(C)c1cccc([N+](=O)[O-])c1. The minimum atomic E-state index is -0.436. The topological polar surface area (TPSA) is 111 Å². The molecule has 4 rings (SSSR count). The third kappa shape index (κ3) is 4.35. The molecule has 0 aliphatic carbocycles. The molecule has 0 radical (unpaired) electrons. The van der Waals surface area contributed by atoms with Crippen molar-refractivity contribution in [1.29, 1.82) is 0 Å². The van der Waals surface area contributed by atoms with Gasteiger partial charge < -0.3 is 10.1 Å². The number of non-ortho nitro benzene ring substituents is 1. The maximum Gasteiger partial charge on any atom is 0.270 e. The van der Waals surface area contributed by atoms with E-state index in [0.29, 0.717) is 34.1 Å². The summed E-state index contributed by atoms with van der Waals surface area (Å²) in [5.41, 5.74) is 3.36. The van der Waals surface area contributed by atoms with Crippen LogP contribution in [-0.2, 0) is 4.79 Å². The number of ether oxygens (including phenoxy) is 1. The molecule has 162 valence electrons. The molecule has 0 atom stereocenters. The number of carbonyl (C=O) groups excluding carboxylic acids is 1. The number of nitro groups is 1. The van der Waals surface area contributed by atoms with Crippen molar-refractivity contribution in [3.05, 3.63) is 81.0 Å². The van der Waals surface area contributed by atoms with E-state index in [1.165, 1.54) is 23.5 Å². The van der Waals surface area contributed by atoms with E-state index in [4.69, 9.17) is 9.84 Å². The Hall–Kier alpha value is -4.05. The lowest BCUT2D eigenvalue weighted by Gasteiger charge is -2.18. The zero-order chi connectivity index (χ0) is 22.7. The van der Waals surface area contributed by atoms with Crippen molar-refractivity contribution in [2.45, 2.75) is 6.92 Å². The van der Waals surface area contributed by atoms with E-state index in [1.54, 1.807) is 35.9 Å². The molecule has 1 aliphatic rings. The van der Waals surface area contributed by atoms with Gasteiger partial charge in [0.05, 0.1) is 28.6 Å². The van der Waals surface area contributed by atoms with E-state index < -0.39 is 4.92 Å². The summed E-state index contributed by atoms with van der Waals surface area (Å²) in [5, 5.41) is 20.6. The second-order valence-corrected chi connectivity index (χ2v) is 7.72. The Morgan fingerprint density at radius 3 is 3.00 bits per heavy atom. The van der Waals surface area contributed by atoms with Gasteiger partial charge in [0.25, 0.3) is 11.6 Å². The van der Waals surface area contributed by atoms with E-state index in [9.17, 15) is 14.9 Å². The molecule has 2 heterocycles. The number of nitrogens with one attached hydrogen (secondary N) is 1. The number of benzene rings is 2. The van der Waals surface area contributed by atoms with E-state index in [2.05, 4.69) is 16.9 Å². The van der Waals surface area contributed by atoms with E-state index in [1.807, 2.05) is 17.5 Å². The van der Waals surface area contributed by atoms with Crippen LogP contribution < -0.4 is 14.9 Å². The lowest BCUT2D eigenvalue weighted by atomic mass is 10.1. The highest BCUT2D eigenvalue weighted by atomic mass is 32.1. The van der Waals surface area contributed by atoms with Gasteiger partial charge in [-0.05, 0) is 25.1 Å². The smallest absolute Gasteiger partial charge is 0.270 e. The van der Waals surface area contributed by atoms with Crippen LogP contribution in [-0.4, -0.2) is 34.4 Å². The normalized spacial score (nSPS) is 13.8. The van der Waals surface area contributed by atoms with Crippen LogP contribution in [0.1, 0.15) is 12.5 Å². The highest BCUT2D eigenvalue weighted by Gasteiger charge is 2.18. The fraction of sp³-hybridized carbons (Fsp3) is 0.136. The van der Waals surface area contributed by atoms with Crippen molar-refractivity contribution >= 4 is 34.3 Å². The van der Waals surface area contributed by atoms with Gasteiger partial charge in [0.1, 0.15) is 5.75 Å². The van der Waals surface area contributed by atoms with E-state index in [0.717, 1.165) is 11.3 Å². The van der Waals surface area contributed by atoms with Crippen molar-refractivity contribution in [3.8, 4) is 17.0 Å². The molecule has 1 amide bonds. The maximum absolute atomic E-state index is 11.7. The largest absolute Gasteiger partial charge is 0.482 e. The van der Waals surface area contributed by atoms with Gasteiger partial charge in [-0.2, -0.15) is 5.10 Å². The van der Waals surface area contributed by atoms with Gasteiger partial charge in [-0.15, -0.1) is 17.9 Å². The van der Waals surface area contributed by atoms with Crippen LogP contribution in [0.4, 0.5) is 11.4 Å². The highest BCUT2D eigenvalue weighted by molar-refractivity contribution is 7.07. The number of amides is 1. The second kappa shape index (κ2) is 8.98. The summed E-state index contributed by atoms with van der Waals surface area (Å²) >= 11 is 1.41. The second-order valence-electron chi connectivity index (χ2n) is 6.89. The first-order chi connectivity index (χ1) is 15.5. The zero-order valence-electron chi connectivity index (χ0n) is 17.1. The molecule has 0 saturated carbocycles. The summed E-state index contributed by atoms with van der Waals surface area (Å²) in [4.78, 5) is 27.6. The van der Waals surface area contributed by atoms with Crippen LogP contribution in [0.25, 0.3) is 11.3 Å². The Balaban J connectivity index is 1.82. The average Bonchev–Trinajstić information content (AvgIpc) is 3.19. The van der Waals surface area contributed by atoms with Gasteiger partial charge in [0, 0.05) is 28.6 Å². The van der Waals surface area contributed by atoms with Gasteiger partial charge in [0.2, 0.25) is 4.80 Å². The standard InChI is InChI=1S/C22H19N5O4S/c1-3-9-23-22-26(25-14(2)15-5-4-6-17(10-15)27(29)30)19(13-32-22)16-7-8-20-18(11-16)24-21(28)12-31-20/h3-8,10-11,13H,1,9,12H2,2H3,(H,24,28). The number of fused-ring (bicyclic) bond motifs is 1. The molecule has 9 nitrogen and oxygen atoms in total. The number of thiazole rings is 1. The Labute approximate surface area is 187 Å².